The number of rotatable bonds is 9. The molecule has 1 aliphatic rings. The second-order valence-electron chi connectivity index (χ2n) is 7.63. The Hall–Kier alpha value is -3.55. The quantitative estimate of drug-likeness (QED) is 0.405. The van der Waals surface area contributed by atoms with Gasteiger partial charge in [0.2, 0.25) is 17.8 Å². The number of methoxy groups -OCH3 is 1. The molecule has 0 amide bonds. The first-order valence-electron chi connectivity index (χ1n) is 10.6. The molecule has 1 saturated carbocycles. The molecule has 3 aromatic rings. The molecule has 1 aliphatic carbocycles. The maximum atomic E-state index is 9.43. The third-order valence-electron chi connectivity index (χ3n) is 5.30. The Morgan fingerprint density at radius 3 is 2.29 bits per heavy atom. The summed E-state index contributed by atoms with van der Waals surface area (Å²) in [6.07, 6.45) is 5.53. The van der Waals surface area contributed by atoms with Crippen LogP contribution >= 0.6 is 0 Å². The van der Waals surface area contributed by atoms with E-state index in [0.717, 1.165) is 36.3 Å². The molecule has 162 valence electrons. The van der Waals surface area contributed by atoms with E-state index in [-0.39, 0.29) is 5.75 Å². The molecule has 0 saturated heterocycles. The number of benzene rings is 2. The van der Waals surface area contributed by atoms with Crippen LogP contribution in [0.25, 0.3) is 0 Å². The van der Waals surface area contributed by atoms with Crippen molar-refractivity contribution in [3.8, 4) is 11.5 Å². The van der Waals surface area contributed by atoms with Gasteiger partial charge in [0, 0.05) is 18.3 Å². The zero-order valence-corrected chi connectivity index (χ0v) is 17.6. The molecule has 2 aromatic carbocycles. The van der Waals surface area contributed by atoms with Crippen molar-refractivity contribution in [3.63, 3.8) is 0 Å². The van der Waals surface area contributed by atoms with Crippen molar-refractivity contribution in [1.82, 2.24) is 15.0 Å². The lowest BCUT2D eigenvalue weighted by Gasteiger charge is -2.15. The fourth-order valence-electron chi connectivity index (χ4n) is 3.61. The lowest BCUT2D eigenvalue weighted by molar-refractivity contribution is 0.415. The fraction of sp³-hybridized carbons (Fsp3) is 0.348. The molecule has 0 radical (unpaired) electrons. The molecule has 0 aliphatic heterocycles. The van der Waals surface area contributed by atoms with E-state index in [4.69, 9.17) is 4.74 Å². The van der Waals surface area contributed by atoms with Gasteiger partial charge < -0.3 is 25.8 Å². The second-order valence-corrected chi connectivity index (χ2v) is 7.63. The average Bonchev–Trinajstić information content (AvgIpc) is 3.29. The minimum atomic E-state index is 0.269. The van der Waals surface area contributed by atoms with E-state index in [1.165, 1.54) is 12.8 Å². The van der Waals surface area contributed by atoms with E-state index in [1.807, 2.05) is 36.4 Å². The first-order valence-corrected chi connectivity index (χ1v) is 10.6. The summed E-state index contributed by atoms with van der Waals surface area (Å²) in [5.74, 6) is 2.63. The largest absolute Gasteiger partial charge is 0.508 e. The lowest BCUT2D eigenvalue weighted by atomic mass is 10.1. The van der Waals surface area contributed by atoms with Crippen molar-refractivity contribution in [1.29, 1.82) is 0 Å². The number of hydrogen-bond acceptors (Lipinski definition) is 8. The van der Waals surface area contributed by atoms with E-state index in [1.54, 1.807) is 19.2 Å². The maximum Gasteiger partial charge on any atom is 0.233 e. The molecule has 0 bridgehead atoms. The molecular weight excluding hydrogens is 392 g/mol. The summed E-state index contributed by atoms with van der Waals surface area (Å²) < 4.78 is 5.22. The molecule has 0 atom stereocenters. The monoisotopic (exact) mass is 420 g/mol. The molecule has 4 rings (SSSR count). The first-order chi connectivity index (χ1) is 15.2. The van der Waals surface area contributed by atoms with Crippen molar-refractivity contribution >= 4 is 23.5 Å². The predicted octanol–water partition coefficient (Wildman–Crippen LogP) is 4.34. The number of nitrogens with zero attached hydrogens (tertiary/aromatic N) is 3. The smallest absolute Gasteiger partial charge is 0.233 e. The highest BCUT2D eigenvalue weighted by Crippen LogP contribution is 2.23. The summed E-state index contributed by atoms with van der Waals surface area (Å²) in [6.45, 7) is 0.666. The first kappa shape index (κ1) is 20.7. The maximum absolute atomic E-state index is 9.43. The van der Waals surface area contributed by atoms with Crippen molar-refractivity contribution in [3.05, 3.63) is 54.1 Å². The number of phenolic OH excluding ortho intramolecular Hbond substituents is 1. The zero-order chi connectivity index (χ0) is 21.5. The molecule has 1 fully saturated rings. The summed E-state index contributed by atoms with van der Waals surface area (Å²) in [4.78, 5) is 13.7. The number of hydrogen-bond donors (Lipinski definition) is 4. The third kappa shape index (κ3) is 5.97. The molecule has 1 heterocycles. The van der Waals surface area contributed by atoms with Crippen LogP contribution in [0.4, 0.5) is 23.5 Å². The van der Waals surface area contributed by atoms with Gasteiger partial charge in [0.25, 0.3) is 0 Å². The molecule has 1 aromatic heterocycles. The topological polar surface area (TPSA) is 104 Å². The van der Waals surface area contributed by atoms with Crippen LogP contribution in [-0.2, 0) is 6.42 Å². The summed E-state index contributed by atoms with van der Waals surface area (Å²) in [7, 11) is 1.64. The van der Waals surface area contributed by atoms with Gasteiger partial charge in [0.05, 0.1) is 7.11 Å². The lowest BCUT2D eigenvalue weighted by Crippen LogP contribution is -2.19. The zero-order valence-electron chi connectivity index (χ0n) is 17.6. The molecule has 0 spiro atoms. The number of aromatic nitrogens is 3. The van der Waals surface area contributed by atoms with Gasteiger partial charge >= 0.3 is 0 Å². The highest BCUT2D eigenvalue weighted by atomic mass is 16.5. The number of ether oxygens (including phenoxy) is 1. The number of phenols is 1. The van der Waals surface area contributed by atoms with Crippen LogP contribution in [0.5, 0.6) is 11.5 Å². The summed E-state index contributed by atoms with van der Waals surface area (Å²) in [5.41, 5.74) is 1.99. The molecule has 8 heteroatoms. The molecule has 8 nitrogen and oxygen atoms in total. The minimum Gasteiger partial charge on any atom is -0.508 e. The van der Waals surface area contributed by atoms with E-state index >= 15 is 0 Å². The Labute approximate surface area is 182 Å². The normalized spacial score (nSPS) is 13.7. The Kier molecular flexibility index (Phi) is 6.66. The summed E-state index contributed by atoms with van der Waals surface area (Å²) in [6, 6.07) is 15.2. The minimum absolute atomic E-state index is 0.269. The standard InChI is InChI=1S/C23H28N6O2/c1-31-20-12-8-18(9-13-20)26-23-28-21(24-15-14-16-6-10-19(30)11-7-16)27-22(29-23)25-17-4-2-3-5-17/h6-13,17,30H,2-5,14-15H2,1H3,(H3,24,25,26,27,28,29). The van der Waals surface area contributed by atoms with Crippen LogP contribution in [-0.4, -0.2) is 39.8 Å². The van der Waals surface area contributed by atoms with Crippen LogP contribution in [0, 0.1) is 0 Å². The third-order valence-corrected chi connectivity index (χ3v) is 5.30. The Balaban J connectivity index is 1.46. The van der Waals surface area contributed by atoms with Crippen LogP contribution in [0.15, 0.2) is 48.5 Å². The fourth-order valence-corrected chi connectivity index (χ4v) is 3.61. The number of aromatic hydroxyl groups is 1. The SMILES string of the molecule is COc1ccc(Nc2nc(NCCc3ccc(O)cc3)nc(NC3CCCC3)n2)cc1. The second kappa shape index (κ2) is 9.97. The van der Waals surface area contributed by atoms with Gasteiger partial charge in [-0.1, -0.05) is 25.0 Å². The van der Waals surface area contributed by atoms with E-state index in [9.17, 15) is 5.11 Å². The number of nitrogens with one attached hydrogen (secondary N) is 3. The van der Waals surface area contributed by atoms with Crippen LogP contribution in [0.1, 0.15) is 31.2 Å². The molecular formula is C23H28N6O2. The molecule has 0 unspecified atom stereocenters. The van der Waals surface area contributed by atoms with Gasteiger partial charge in [-0.2, -0.15) is 15.0 Å². The Morgan fingerprint density at radius 2 is 1.58 bits per heavy atom. The summed E-state index contributed by atoms with van der Waals surface area (Å²) >= 11 is 0. The van der Waals surface area contributed by atoms with E-state index in [2.05, 4.69) is 30.9 Å². The van der Waals surface area contributed by atoms with Crippen molar-refractivity contribution in [2.24, 2.45) is 0 Å². The number of anilines is 4. The average molecular weight is 421 g/mol. The van der Waals surface area contributed by atoms with E-state index in [0.29, 0.717) is 30.4 Å². The van der Waals surface area contributed by atoms with Crippen molar-refractivity contribution in [2.45, 2.75) is 38.1 Å². The highest BCUT2D eigenvalue weighted by molar-refractivity contribution is 5.56. The predicted molar refractivity (Wildman–Crippen MR) is 122 cm³/mol. The van der Waals surface area contributed by atoms with Crippen molar-refractivity contribution < 1.29 is 9.84 Å². The van der Waals surface area contributed by atoms with E-state index < -0.39 is 0 Å². The van der Waals surface area contributed by atoms with Gasteiger partial charge in [-0.25, -0.2) is 0 Å². The highest BCUT2D eigenvalue weighted by Gasteiger charge is 2.17. The van der Waals surface area contributed by atoms with Gasteiger partial charge in [-0.05, 0) is 61.2 Å². The molecule has 31 heavy (non-hydrogen) atoms. The van der Waals surface area contributed by atoms with Gasteiger partial charge in [0.15, 0.2) is 0 Å². The Morgan fingerprint density at radius 1 is 0.903 bits per heavy atom. The van der Waals surface area contributed by atoms with Crippen LogP contribution < -0.4 is 20.7 Å². The van der Waals surface area contributed by atoms with Gasteiger partial charge in [-0.3, -0.25) is 0 Å². The van der Waals surface area contributed by atoms with Gasteiger partial charge in [0.1, 0.15) is 11.5 Å². The van der Waals surface area contributed by atoms with Gasteiger partial charge in [-0.15, -0.1) is 0 Å². The van der Waals surface area contributed by atoms with Crippen LogP contribution in [0.2, 0.25) is 0 Å². The summed E-state index contributed by atoms with van der Waals surface area (Å²) in [5, 5.41) is 19.4. The Bertz CT molecular complexity index is 972. The molecule has 4 N–H and O–H groups in total. The van der Waals surface area contributed by atoms with Crippen LogP contribution in [0.3, 0.4) is 0 Å². The van der Waals surface area contributed by atoms with Crippen molar-refractivity contribution in [2.75, 3.05) is 29.6 Å².